The number of hydrogen-bond donors (Lipinski definition) is 1. The molecule has 1 N–H and O–H groups in total. The third kappa shape index (κ3) is 4.80. The second-order valence-electron chi connectivity index (χ2n) is 11.4. The molecule has 2 heterocycles. The largest absolute Gasteiger partial charge is 0.492 e. The van der Waals surface area contributed by atoms with Crippen molar-refractivity contribution in [1.82, 2.24) is 10.3 Å². The summed E-state index contributed by atoms with van der Waals surface area (Å²) in [6.45, 7) is 8.53. The van der Waals surface area contributed by atoms with Crippen molar-refractivity contribution in [3.8, 4) is 11.1 Å². The number of nitrogens with zero attached hydrogens (tertiary/aromatic N) is 1. The van der Waals surface area contributed by atoms with Crippen molar-refractivity contribution >= 4 is 30.2 Å². The average Bonchev–Trinajstić information content (AvgIpc) is 3.38. The van der Waals surface area contributed by atoms with Gasteiger partial charge in [0.05, 0.1) is 16.7 Å². The number of para-hydroxylation sites is 1. The number of nitrogens with one attached hydrogen (secondary N) is 1. The number of alkyl carbamates (subject to hydrolysis) is 1. The summed E-state index contributed by atoms with van der Waals surface area (Å²) in [5, 5.41) is 3.98. The topological polar surface area (TPSA) is 69.7 Å². The second-order valence-corrected chi connectivity index (χ2v) is 11.4. The van der Waals surface area contributed by atoms with E-state index in [1.807, 2.05) is 88.4 Å². The molecule has 40 heavy (non-hydrogen) atoms. The molecular weight excluding hydrogens is 499 g/mol. The Balaban J connectivity index is 1.21. The zero-order chi connectivity index (χ0) is 27.9. The first-order valence-electron chi connectivity index (χ1n) is 13.7. The van der Waals surface area contributed by atoms with Crippen LogP contribution in [0.1, 0.15) is 50.3 Å². The van der Waals surface area contributed by atoms with Crippen LogP contribution in [0.3, 0.4) is 0 Å². The smallest absolute Gasteiger partial charge is 0.449 e. The molecule has 1 aromatic heterocycles. The van der Waals surface area contributed by atoms with Gasteiger partial charge in [-0.05, 0) is 61.5 Å². The lowest BCUT2D eigenvalue weighted by molar-refractivity contribution is 0.00578. The van der Waals surface area contributed by atoms with Crippen molar-refractivity contribution in [2.45, 2.75) is 44.8 Å². The van der Waals surface area contributed by atoms with E-state index in [9.17, 15) is 4.79 Å². The first kappa shape index (κ1) is 26.3. The number of carbonyl (C=O) groups is 1. The van der Waals surface area contributed by atoms with Gasteiger partial charge in [-0.1, -0.05) is 78.9 Å². The van der Waals surface area contributed by atoms with Crippen molar-refractivity contribution in [3.63, 3.8) is 0 Å². The van der Waals surface area contributed by atoms with E-state index in [1.54, 1.807) is 6.20 Å². The minimum Gasteiger partial charge on any atom is -0.449 e. The number of pyridine rings is 1. The van der Waals surface area contributed by atoms with Gasteiger partial charge in [0.25, 0.3) is 0 Å². The molecule has 0 saturated carbocycles. The maximum atomic E-state index is 13.0. The molecule has 0 atom stereocenters. The Morgan fingerprint density at radius 3 is 2.20 bits per heavy atom. The summed E-state index contributed by atoms with van der Waals surface area (Å²) in [6, 6.07) is 26.6. The number of benzene rings is 3. The van der Waals surface area contributed by atoms with E-state index in [-0.39, 0.29) is 19.1 Å². The molecule has 1 aliphatic heterocycles. The predicted molar refractivity (Wildman–Crippen MR) is 159 cm³/mol. The second kappa shape index (κ2) is 10.2. The SMILES string of the molecule is CC1(C)OB(C(=Cc2cccc3cccnc23)CNC(=O)OCC2c3ccccc3-c3ccccc32)OC1(C)C. The summed E-state index contributed by atoms with van der Waals surface area (Å²) in [5.74, 6) is -0.00184. The van der Waals surface area contributed by atoms with Crippen LogP contribution in [0.5, 0.6) is 0 Å². The number of aromatic nitrogens is 1. The monoisotopic (exact) mass is 532 g/mol. The van der Waals surface area contributed by atoms with Crippen molar-refractivity contribution in [3.05, 3.63) is 107 Å². The highest BCUT2D eigenvalue weighted by Gasteiger charge is 2.52. The van der Waals surface area contributed by atoms with Crippen LogP contribution >= 0.6 is 0 Å². The number of ether oxygens (including phenoxy) is 1. The van der Waals surface area contributed by atoms with Crippen molar-refractivity contribution < 1.29 is 18.8 Å². The van der Waals surface area contributed by atoms with E-state index in [0.29, 0.717) is 0 Å². The highest BCUT2D eigenvalue weighted by molar-refractivity contribution is 6.56. The van der Waals surface area contributed by atoms with Gasteiger partial charge in [0.1, 0.15) is 6.61 Å². The zero-order valence-electron chi connectivity index (χ0n) is 23.3. The molecule has 3 aromatic carbocycles. The van der Waals surface area contributed by atoms with Gasteiger partial charge < -0.3 is 19.4 Å². The molecule has 1 aliphatic carbocycles. The molecule has 2 aliphatic rings. The molecule has 0 unspecified atom stereocenters. The highest BCUT2D eigenvalue weighted by atomic mass is 16.7. The Morgan fingerprint density at radius 2 is 1.52 bits per heavy atom. The van der Waals surface area contributed by atoms with Crippen molar-refractivity contribution in [2.24, 2.45) is 0 Å². The van der Waals surface area contributed by atoms with Gasteiger partial charge in [0, 0.05) is 29.6 Å². The van der Waals surface area contributed by atoms with E-state index in [0.717, 1.165) is 21.9 Å². The zero-order valence-corrected chi connectivity index (χ0v) is 23.3. The van der Waals surface area contributed by atoms with E-state index in [2.05, 4.69) is 34.6 Å². The van der Waals surface area contributed by atoms with Gasteiger partial charge in [0.15, 0.2) is 0 Å². The molecule has 6 rings (SSSR count). The Morgan fingerprint density at radius 1 is 0.900 bits per heavy atom. The molecule has 202 valence electrons. The average molecular weight is 532 g/mol. The normalized spacial score (nSPS) is 17.5. The van der Waals surface area contributed by atoms with Crippen LogP contribution in [0.4, 0.5) is 4.79 Å². The van der Waals surface area contributed by atoms with Crippen LogP contribution in [0.2, 0.25) is 0 Å². The quantitative estimate of drug-likeness (QED) is 0.277. The van der Waals surface area contributed by atoms with Crippen LogP contribution in [0.25, 0.3) is 28.1 Å². The van der Waals surface area contributed by atoms with Gasteiger partial charge >= 0.3 is 13.2 Å². The first-order chi connectivity index (χ1) is 19.2. The molecule has 0 bridgehead atoms. The third-order valence-corrected chi connectivity index (χ3v) is 8.34. The molecule has 1 saturated heterocycles. The summed E-state index contributed by atoms with van der Waals surface area (Å²) >= 11 is 0. The van der Waals surface area contributed by atoms with E-state index in [4.69, 9.17) is 14.0 Å². The maximum Gasteiger partial charge on any atom is 0.492 e. The summed E-state index contributed by atoms with van der Waals surface area (Å²) in [6.07, 6.45) is 3.30. The lowest BCUT2D eigenvalue weighted by Crippen LogP contribution is -2.41. The molecule has 0 spiro atoms. The molecule has 6 nitrogen and oxygen atoms in total. The van der Waals surface area contributed by atoms with Gasteiger partial charge in [-0.15, -0.1) is 0 Å². The minimum atomic E-state index is -0.627. The van der Waals surface area contributed by atoms with E-state index in [1.165, 1.54) is 22.3 Å². The fourth-order valence-corrected chi connectivity index (χ4v) is 5.46. The summed E-state index contributed by atoms with van der Waals surface area (Å²) in [7, 11) is -0.627. The summed E-state index contributed by atoms with van der Waals surface area (Å²) in [4.78, 5) is 17.6. The van der Waals surface area contributed by atoms with Crippen molar-refractivity contribution in [2.75, 3.05) is 13.2 Å². The molecule has 4 aromatic rings. The molecule has 1 fully saturated rings. The lowest BCUT2D eigenvalue weighted by Gasteiger charge is -2.32. The lowest BCUT2D eigenvalue weighted by atomic mass is 9.77. The van der Waals surface area contributed by atoms with E-state index >= 15 is 0 Å². The summed E-state index contributed by atoms with van der Waals surface area (Å²) < 4.78 is 18.5. The molecular formula is C33H33BN2O4. The Hall–Kier alpha value is -3.94. The Kier molecular flexibility index (Phi) is 6.73. The predicted octanol–water partition coefficient (Wildman–Crippen LogP) is 6.79. The Bertz CT molecular complexity index is 1550. The standard InChI is InChI=1S/C33H33BN2O4/c1-32(2)33(3,4)40-34(39-32)24(19-23-12-9-11-22-13-10-18-35-30(22)23)20-36-31(37)38-21-29-27-16-7-5-14-25(27)26-15-6-8-17-28(26)29/h5-19,29H,20-21H2,1-4H3,(H,36,37). The van der Waals surface area contributed by atoms with Gasteiger partial charge in [-0.2, -0.15) is 0 Å². The number of rotatable bonds is 6. The molecule has 1 amide bonds. The van der Waals surface area contributed by atoms with Gasteiger partial charge in [0.2, 0.25) is 0 Å². The fraction of sp³-hybridized carbons (Fsp3) is 0.273. The molecule has 7 heteroatoms. The number of amides is 1. The van der Waals surface area contributed by atoms with Crippen LogP contribution in [-0.4, -0.2) is 42.5 Å². The number of carbonyl (C=O) groups excluding carboxylic acids is 1. The molecule has 0 radical (unpaired) electrons. The maximum absolute atomic E-state index is 13.0. The van der Waals surface area contributed by atoms with Crippen molar-refractivity contribution in [1.29, 1.82) is 0 Å². The van der Waals surface area contributed by atoms with Crippen LogP contribution in [0.15, 0.2) is 90.5 Å². The van der Waals surface area contributed by atoms with Crippen LogP contribution in [0, 0.1) is 0 Å². The Labute approximate surface area is 235 Å². The first-order valence-corrected chi connectivity index (χ1v) is 13.7. The minimum absolute atomic E-state index is 0.00184. The van der Waals surface area contributed by atoms with E-state index < -0.39 is 24.4 Å². The van der Waals surface area contributed by atoms with Crippen LogP contribution < -0.4 is 5.32 Å². The fourth-order valence-electron chi connectivity index (χ4n) is 5.46. The van der Waals surface area contributed by atoms with Gasteiger partial charge in [-0.3, -0.25) is 4.98 Å². The number of fused-ring (bicyclic) bond motifs is 4. The third-order valence-electron chi connectivity index (χ3n) is 8.34. The van der Waals surface area contributed by atoms with Crippen LogP contribution in [-0.2, 0) is 14.0 Å². The summed E-state index contributed by atoms with van der Waals surface area (Å²) in [5.41, 5.74) is 6.30. The van der Waals surface area contributed by atoms with Gasteiger partial charge in [-0.25, -0.2) is 4.79 Å². The number of hydrogen-bond acceptors (Lipinski definition) is 5. The highest BCUT2D eigenvalue weighted by Crippen LogP contribution is 2.44.